The highest BCUT2D eigenvalue weighted by molar-refractivity contribution is 9.10. The fourth-order valence-electron chi connectivity index (χ4n) is 3.15. The maximum Gasteiger partial charge on any atom is 0.208 e. The van der Waals surface area contributed by atoms with Gasteiger partial charge < -0.3 is 10.1 Å². The summed E-state index contributed by atoms with van der Waals surface area (Å²) < 4.78 is 8.80. The Morgan fingerprint density at radius 1 is 1.00 bits per heavy atom. The van der Waals surface area contributed by atoms with Crippen molar-refractivity contribution in [3.05, 3.63) is 80.7 Å². The Kier molecular flexibility index (Phi) is 6.52. The first-order chi connectivity index (χ1) is 14.5. The second-order valence-corrected chi connectivity index (χ2v) is 8.58. The molecule has 0 radical (unpaired) electrons. The van der Waals surface area contributed by atoms with Crippen LogP contribution in [0.2, 0.25) is 10.0 Å². The van der Waals surface area contributed by atoms with Crippen molar-refractivity contribution in [3.63, 3.8) is 0 Å². The van der Waals surface area contributed by atoms with Crippen molar-refractivity contribution in [1.29, 1.82) is 0 Å². The molecule has 0 aliphatic heterocycles. The minimum Gasteiger partial charge on any atom is -0.494 e. The van der Waals surface area contributed by atoms with Crippen LogP contribution in [0.25, 0.3) is 16.7 Å². The third-order valence-corrected chi connectivity index (χ3v) is 5.88. The molecule has 0 saturated carbocycles. The minimum absolute atomic E-state index is 0.483. The number of rotatable bonds is 7. The van der Waals surface area contributed by atoms with Gasteiger partial charge in [-0.25, -0.2) is 4.98 Å². The van der Waals surface area contributed by atoms with Crippen LogP contribution in [0.1, 0.15) is 18.9 Å². The summed E-state index contributed by atoms with van der Waals surface area (Å²) in [5, 5.41) is 4.42. The van der Waals surface area contributed by atoms with E-state index in [0.717, 1.165) is 38.9 Å². The number of ether oxygens (including phenoxy) is 1. The third kappa shape index (κ3) is 4.59. The van der Waals surface area contributed by atoms with Gasteiger partial charge in [-0.05, 0) is 60.5 Å². The van der Waals surface area contributed by atoms with Gasteiger partial charge in [0.15, 0.2) is 0 Å². The molecule has 1 heterocycles. The average Bonchev–Trinajstić information content (AvgIpc) is 3.09. The van der Waals surface area contributed by atoms with Gasteiger partial charge in [-0.1, -0.05) is 58.2 Å². The van der Waals surface area contributed by atoms with Gasteiger partial charge in [0.05, 0.1) is 27.7 Å². The largest absolute Gasteiger partial charge is 0.494 e. The molecule has 154 valence electrons. The Balaban J connectivity index is 1.72. The minimum atomic E-state index is 0.483. The van der Waals surface area contributed by atoms with E-state index < -0.39 is 0 Å². The van der Waals surface area contributed by atoms with E-state index in [0.29, 0.717) is 29.1 Å². The fraction of sp³-hybridized carbons (Fsp3) is 0.174. The Morgan fingerprint density at radius 3 is 2.40 bits per heavy atom. The molecule has 0 atom stereocenters. The van der Waals surface area contributed by atoms with Gasteiger partial charge in [-0.2, -0.15) is 0 Å². The Hall–Kier alpha value is -2.21. The number of nitrogens with zero attached hydrogens (tertiary/aromatic N) is 2. The molecule has 4 nitrogen and oxygen atoms in total. The van der Waals surface area contributed by atoms with Crippen molar-refractivity contribution in [2.24, 2.45) is 0 Å². The zero-order valence-electron chi connectivity index (χ0n) is 16.3. The standard InChI is InChI=1S/C23H20BrCl2N3O/c1-2-11-30-18-9-7-17(8-10-18)29-22-13-20(26)19(25)12-21(22)28-23(29)27-14-15-3-5-16(24)6-4-15/h3-10,12-13H,2,11,14H2,1H3,(H,27,28). The quantitative estimate of drug-likeness (QED) is 0.283. The molecule has 0 fully saturated rings. The number of aromatic nitrogens is 2. The molecule has 0 aliphatic rings. The van der Waals surface area contributed by atoms with Crippen LogP contribution >= 0.6 is 39.1 Å². The molecule has 0 amide bonds. The normalized spacial score (nSPS) is 11.1. The Labute approximate surface area is 193 Å². The lowest BCUT2D eigenvalue weighted by Gasteiger charge is -2.12. The maximum atomic E-state index is 6.31. The molecule has 0 saturated heterocycles. The van der Waals surface area contributed by atoms with Crippen LogP contribution in [0, 0.1) is 0 Å². The monoisotopic (exact) mass is 503 g/mol. The lowest BCUT2D eigenvalue weighted by Crippen LogP contribution is -2.06. The molecule has 1 N–H and O–H groups in total. The van der Waals surface area contributed by atoms with Gasteiger partial charge in [-0.15, -0.1) is 0 Å². The van der Waals surface area contributed by atoms with E-state index in [-0.39, 0.29) is 0 Å². The molecule has 3 aromatic carbocycles. The summed E-state index contributed by atoms with van der Waals surface area (Å²) in [6.45, 7) is 3.42. The van der Waals surface area contributed by atoms with Crippen molar-refractivity contribution < 1.29 is 4.74 Å². The molecule has 0 aliphatic carbocycles. The van der Waals surface area contributed by atoms with Gasteiger partial charge in [0, 0.05) is 16.7 Å². The summed E-state index contributed by atoms with van der Waals surface area (Å²) in [5.41, 5.74) is 3.76. The van der Waals surface area contributed by atoms with Crippen LogP contribution in [-0.2, 0) is 6.54 Å². The van der Waals surface area contributed by atoms with Crippen LogP contribution < -0.4 is 10.1 Å². The topological polar surface area (TPSA) is 39.1 Å². The number of imidazole rings is 1. The maximum absolute atomic E-state index is 6.31. The molecular weight excluding hydrogens is 485 g/mol. The second-order valence-electron chi connectivity index (χ2n) is 6.85. The zero-order chi connectivity index (χ0) is 21.1. The number of hydrogen-bond acceptors (Lipinski definition) is 3. The summed E-state index contributed by atoms with van der Waals surface area (Å²) in [6, 6.07) is 19.8. The molecule has 30 heavy (non-hydrogen) atoms. The van der Waals surface area contributed by atoms with E-state index in [9.17, 15) is 0 Å². The lowest BCUT2D eigenvalue weighted by atomic mass is 10.2. The van der Waals surface area contributed by atoms with E-state index in [2.05, 4.69) is 40.3 Å². The van der Waals surface area contributed by atoms with Gasteiger partial charge in [0.1, 0.15) is 5.75 Å². The first-order valence-corrected chi connectivity index (χ1v) is 11.2. The van der Waals surface area contributed by atoms with E-state index in [1.54, 1.807) is 6.07 Å². The van der Waals surface area contributed by atoms with Crippen LogP contribution in [0.4, 0.5) is 5.95 Å². The first-order valence-electron chi connectivity index (χ1n) is 9.64. The summed E-state index contributed by atoms with van der Waals surface area (Å²) in [4.78, 5) is 4.76. The van der Waals surface area contributed by atoms with Crippen molar-refractivity contribution >= 4 is 56.1 Å². The number of benzene rings is 3. The predicted octanol–water partition coefficient (Wildman–Crippen LogP) is 7.50. The summed E-state index contributed by atoms with van der Waals surface area (Å²) >= 11 is 16.0. The highest BCUT2D eigenvalue weighted by Crippen LogP contribution is 2.32. The highest BCUT2D eigenvalue weighted by Gasteiger charge is 2.15. The van der Waals surface area contributed by atoms with Crippen molar-refractivity contribution in [2.75, 3.05) is 11.9 Å². The van der Waals surface area contributed by atoms with E-state index >= 15 is 0 Å². The first kappa shape index (κ1) is 21.0. The van der Waals surface area contributed by atoms with Crippen molar-refractivity contribution in [1.82, 2.24) is 9.55 Å². The average molecular weight is 505 g/mol. The zero-order valence-corrected chi connectivity index (χ0v) is 19.4. The van der Waals surface area contributed by atoms with E-state index in [4.69, 9.17) is 32.9 Å². The number of hydrogen-bond donors (Lipinski definition) is 1. The molecule has 7 heteroatoms. The Morgan fingerprint density at radius 2 is 1.70 bits per heavy atom. The lowest BCUT2D eigenvalue weighted by molar-refractivity contribution is 0.317. The second kappa shape index (κ2) is 9.29. The predicted molar refractivity (Wildman–Crippen MR) is 128 cm³/mol. The number of anilines is 1. The SMILES string of the molecule is CCCOc1ccc(-n2c(NCc3ccc(Br)cc3)nc3cc(Cl)c(Cl)cc32)cc1. The van der Waals surface area contributed by atoms with Gasteiger partial charge >= 0.3 is 0 Å². The molecule has 0 spiro atoms. The Bertz CT molecular complexity index is 1160. The third-order valence-electron chi connectivity index (χ3n) is 4.63. The molecular formula is C23H20BrCl2N3O. The molecule has 4 rings (SSSR count). The number of nitrogens with one attached hydrogen (secondary N) is 1. The van der Waals surface area contributed by atoms with Gasteiger partial charge in [0.2, 0.25) is 5.95 Å². The smallest absolute Gasteiger partial charge is 0.208 e. The van der Waals surface area contributed by atoms with Crippen LogP contribution in [0.5, 0.6) is 5.75 Å². The van der Waals surface area contributed by atoms with Crippen molar-refractivity contribution in [3.8, 4) is 11.4 Å². The van der Waals surface area contributed by atoms with Gasteiger partial charge in [-0.3, -0.25) is 4.57 Å². The van der Waals surface area contributed by atoms with Crippen LogP contribution in [0.3, 0.4) is 0 Å². The number of fused-ring (bicyclic) bond motifs is 1. The van der Waals surface area contributed by atoms with Crippen LogP contribution in [0.15, 0.2) is 65.1 Å². The summed E-state index contributed by atoms with van der Waals surface area (Å²) in [7, 11) is 0. The summed E-state index contributed by atoms with van der Waals surface area (Å²) in [6.07, 6.45) is 0.970. The molecule has 4 aromatic rings. The molecule has 0 bridgehead atoms. The fourth-order valence-corrected chi connectivity index (χ4v) is 3.73. The van der Waals surface area contributed by atoms with Crippen LogP contribution in [-0.4, -0.2) is 16.2 Å². The van der Waals surface area contributed by atoms with E-state index in [1.807, 2.05) is 47.0 Å². The molecule has 1 aromatic heterocycles. The van der Waals surface area contributed by atoms with E-state index in [1.165, 1.54) is 0 Å². The summed E-state index contributed by atoms with van der Waals surface area (Å²) in [5.74, 6) is 1.56. The number of halogens is 3. The van der Waals surface area contributed by atoms with Gasteiger partial charge in [0.25, 0.3) is 0 Å². The van der Waals surface area contributed by atoms with Crippen molar-refractivity contribution in [2.45, 2.75) is 19.9 Å². The molecule has 0 unspecified atom stereocenters. The highest BCUT2D eigenvalue weighted by atomic mass is 79.9.